The van der Waals surface area contributed by atoms with Crippen molar-refractivity contribution in [3.63, 3.8) is 0 Å². The zero-order valence-corrected chi connectivity index (χ0v) is 18.2. The lowest BCUT2D eigenvalue weighted by atomic mass is 10.1. The summed E-state index contributed by atoms with van der Waals surface area (Å²) in [6, 6.07) is 8.29. The molecule has 0 atom stereocenters. The van der Waals surface area contributed by atoms with Crippen molar-refractivity contribution in [2.24, 2.45) is 10.2 Å². The molecule has 3 N–H and O–H groups in total. The van der Waals surface area contributed by atoms with Gasteiger partial charge in [-0.1, -0.05) is 39.1 Å². The van der Waals surface area contributed by atoms with Gasteiger partial charge in [-0.15, -0.1) is 10.2 Å². The van der Waals surface area contributed by atoms with Crippen LogP contribution in [0, 0.1) is 6.92 Å². The second-order valence-corrected chi connectivity index (χ2v) is 7.93. The first-order valence-electron chi connectivity index (χ1n) is 8.45. The molecule has 1 aromatic heterocycles. The number of nitrogens with one attached hydrogen (secondary N) is 2. The van der Waals surface area contributed by atoms with E-state index in [0.29, 0.717) is 26.6 Å². The summed E-state index contributed by atoms with van der Waals surface area (Å²) in [7, 11) is 0. The smallest absolute Gasteiger partial charge is 0.265 e. The Bertz CT molecular complexity index is 1140. The topological polar surface area (TPSA) is 107 Å². The number of amides is 2. The Balaban J connectivity index is 1.63. The number of carbonyl (C=O) groups excluding carboxylic acids is 2. The number of hydrogen-bond donors (Lipinski definition) is 3. The van der Waals surface area contributed by atoms with Crippen LogP contribution in [0.15, 0.2) is 45.0 Å². The molecular weight excluding hydrogens is 483 g/mol. The van der Waals surface area contributed by atoms with E-state index in [2.05, 4.69) is 36.5 Å². The number of azo groups is 1. The van der Waals surface area contributed by atoms with Crippen LogP contribution in [0.5, 0.6) is 5.88 Å². The molecule has 1 heterocycles. The zero-order chi connectivity index (χ0) is 21.1. The first-order valence-corrected chi connectivity index (χ1v) is 9.99. The molecule has 7 nitrogen and oxygen atoms in total. The number of anilines is 1. The maximum atomic E-state index is 12.0. The van der Waals surface area contributed by atoms with Gasteiger partial charge in [0.2, 0.25) is 11.8 Å². The van der Waals surface area contributed by atoms with E-state index in [0.717, 1.165) is 10.0 Å². The van der Waals surface area contributed by atoms with Crippen molar-refractivity contribution in [2.45, 2.75) is 19.8 Å². The Kier molecular flexibility index (Phi) is 6.56. The number of carbonyl (C=O) groups is 2. The minimum Gasteiger partial charge on any atom is -0.493 e. The van der Waals surface area contributed by atoms with Crippen molar-refractivity contribution in [3.05, 3.63) is 50.4 Å². The molecule has 0 aliphatic carbocycles. The maximum absolute atomic E-state index is 12.0. The summed E-state index contributed by atoms with van der Waals surface area (Å²) in [4.78, 5) is 26.8. The number of aryl methyl sites for hydroxylation is 1. The molecule has 0 saturated heterocycles. The van der Waals surface area contributed by atoms with E-state index in [1.165, 1.54) is 6.07 Å². The molecule has 150 valence electrons. The summed E-state index contributed by atoms with van der Waals surface area (Å²) in [5.74, 6) is -1.18. The molecule has 0 aliphatic rings. The summed E-state index contributed by atoms with van der Waals surface area (Å²) in [5.41, 5.74) is 2.17. The quantitative estimate of drug-likeness (QED) is 0.361. The van der Waals surface area contributed by atoms with E-state index >= 15 is 0 Å². The number of aromatic amines is 1. The van der Waals surface area contributed by atoms with Gasteiger partial charge in [0.15, 0.2) is 5.69 Å². The van der Waals surface area contributed by atoms with Crippen molar-refractivity contribution in [1.82, 2.24) is 4.98 Å². The average molecular weight is 498 g/mol. The van der Waals surface area contributed by atoms with E-state index in [-0.39, 0.29) is 24.4 Å². The summed E-state index contributed by atoms with van der Waals surface area (Å²) < 4.78 is 0.873. The fraction of sp³-hybridized carbons (Fsp3) is 0.158. The van der Waals surface area contributed by atoms with Crippen LogP contribution < -0.4 is 5.32 Å². The van der Waals surface area contributed by atoms with E-state index in [4.69, 9.17) is 23.2 Å². The van der Waals surface area contributed by atoms with Gasteiger partial charge in [-0.25, -0.2) is 0 Å². The number of aromatic nitrogens is 1. The number of aromatic hydroxyl groups is 1. The molecule has 0 spiro atoms. The molecule has 0 unspecified atom stereocenters. The van der Waals surface area contributed by atoms with E-state index in [1.807, 2.05) is 13.0 Å². The Hall–Kier alpha value is -2.42. The van der Waals surface area contributed by atoms with Gasteiger partial charge in [0, 0.05) is 27.7 Å². The summed E-state index contributed by atoms with van der Waals surface area (Å²) in [6.07, 6.45) is -0.239. The molecule has 0 bridgehead atoms. The number of rotatable bonds is 5. The van der Waals surface area contributed by atoms with Crippen LogP contribution in [0.4, 0.5) is 11.4 Å². The van der Waals surface area contributed by atoms with Crippen molar-refractivity contribution in [1.29, 1.82) is 0 Å². The number of fused-ring (bicyclic) bond motifs is 1. The van der Waals surface area contributed by atoms with E-state index in [1.54, 1.807) is 18.2 Å². The van der Waals surface area contributed by atoms with Crippen molar-refractivity contribution >= 4 is 73.2 Å². The summed E-state index contributed by atoms with van der Waals surface area (Å²) >= 11 is 15.2. The molecule has 0 fully saturated rings. The highest BCUT2D eigenvalue weighted by Gasteiger charge is 2.13. The Labute approximate surface area is 184 Å². The third kappa shape index (κ3) is 5.14. The lowest BCUT2D eigenvalue weighted by Gasteiger charge is -2.06. The first kappa shape index (κ1) is 21.3. The fourth-order valence-electron chi connectivity index (χ4n) is 2.58. The molecule has 2 aromatic carbocycles. The highest BCUT2D eigenvalue weighted by Crippen LogP contribution is 2.37. The van der Waals surface area contributed by atoms with E-state index < -0.39 is 11.8 Å². The third-order valence-electron chi connectivity index (χ3n) is 4.06. The van der Waals surface area contributed by atoms with Crippen LogP contribution in [0.3, 0.4) is 0 Å². The zero-order valence-electron chi connectivity index (χ0n) is 15.1. The minimum atomic E-state index is -0.593. The average Bonchev–Trinajstić information content (AvgIpc) is 2.95. The molecule has 0 aliphatic heterocycles. The minimum absolute atomic E-state index is 0.0945. The van der Waals surface area contributed by atoms with Gasteiger partial charge in [-0.2, -0.15) is 0 Å². The van der Waals surface area contributed by atoms with Crippen LogP contribution in [0.25, 0.3) is 10.9 Å². The van der Waals surface area contributed by atoms with Gasteiger partial charge in [0.25, 0.3) is 5.91 Å². The van der Waals surface area contributed by atoms with Gasteiger partial charge in [0.1, 0.15) is 0 Å². The SMILES string of the molecule is Cc1cc2c(N=NC(=O)CCC(=O)Nc3ccc(Cl)cc3Cl)c(O)[nH]c2cc1Br. The molecule has 29 heavy (non-hydrogen) atoms. The first-order chi connectivity index (χ1) is 13.7. The van der Waals surface area contributed by atoms with Crippen LogP contribution in [-0.4, -0.2) is 21.9 Å². The van der Waals surface area contributed by atoms with Crippen LogP contribution in [0.1, 0.15) is 18.4 Å². The monoisotopic (exact) mass is 496 g/mol. The lowest BCUT2D eigenvalue weighted by molar-refractivity contribution is -0.122. The lowest BCUT2D eigenvalue weighted by Crippen LogP contribution is -2.13. The highest BCUT2D eigenvalue weighted by molar-refractivity contribution is 9.10. The normalized spacial score (nSPS) is 11.3. The largest absolute Gasteiger partial charge is 0.493 e. The number of halogens is 3. The van der Waals surface area contributed by atoms with Gasteiger partial charge in [-0.05, 0) is 42.8 Å². The van der Waals surface area contributed by atoms with Crippen molar-refractivity contribution in [2.75, 3.05) is 5.32 Å². The van der Waals surface area contributed by atoms with Crippen LogP contribution >= 0.6 is 39.1 Å². The Morgan fingerprint density at radius 2 is 1.97 bits per heavy atom. The summed E-state index contributed by atoms with van der Waals surface area (Å²) in [5, 5.41) is 21.5. The summed E-state index contributed by atoms with van der Waals surface area (Å²) in [6.45, 7) is 1.89. The predicted molar refractivity (Wildman–Crippen MR) is 116 cm³/mol. The van der Waals surface area contributed by atoms with E-state index in [9.17, 15) is 14.7 Å². The predicted octanol–water partition coefficient (Wildman–Crippen LogP) is 6.28. The molecule has 0 saturated carbocycles. The second-order valence-electron chi connectivity index (χ2n) is 6.24. The molecule has 0 radical (unpaired) electrons. The van der Waals surface area contributed by atoms with Gasteiger partial charge >= 0.3 is 0 Å². The van der Waals surface area contributed by atoms with Crippen molar-refractivity contribution in [3.8, 4) is 5.88 Å². The number of nitrogens with zero attached hydrogens (tertiary/aromatic N) is 2. The second kappa shape index (κ2) is 8.94. The Morgan fingerprint density at radius 3 is 2.69 bits per heavy atom. The van der Waals surface area contributed by atoms with Gasteiger partial charge < -0.3 is 15.4 Å². The van der Waals surface area contributed by atoms with Crippen molar-refractivity contribution < 1.29 is 14.7 Å². The molecule has 10 heteroatoms. The number of benzene rings is 2. The molecule has 3 rings (SSSR count). The number of H-pyrrole nitrogens is 1. The number of hydrogen-bond acceptors (Lipinski definition) is 4. The van der Waals surface area contributed by atoms with Gasteiger partial charge in [-0.3, -0.25) is 9.59 Å². The fourth-order valence-corrected chi connectivity index (χ4v) is 3.38. The molecule has 2 amide bonds. The van der Waals surface area contributed by atoms with Gasteiger partial charge in [0.05, 0.1) is 16.2 Å². The maximum Gasteiger partial charge on any atom is 0.265 e. The molecular formula is C19H15BrCl2N4O3. The van der Waals surface area contributed by atoms with Crippen LogP contribution in [0.2, 0.25) is 10.0 Å². The third-order valence-corrected chi connectivity index (χ3v) is 5.47. The molecule has 3 aromatic rings. The standard InChI is InChI=1S/C19H15BrCl2N4O3/c1-9-6-11-15(8-12(9)20)24-19(29)18(11)26-25-17(28)5-4-16(27)23-14-3-2-10(21)7-13(14)22/h2-3,6-8,24,29H,4-5H2,1H3,(H,23,27). The van der Waals surface area contributed by atoms with Crippen LogP contribution in [-0.2, 0) is 9.59 Å². The highest BCUT2D eigenvalue weighted by atomic mass is 79.9. The Morgan fingerprint density at radius 1 is 1.21 bits per heavy atom.